The summed E-state index contributed by atoms with van der Waals surface area (Å²) >= 11 is 0. The van der Waals surface area contributed by atoms with Crippen LogP contribution in [0.25, 0.3) is 11.5 Å². The van der Waals surface area contributed by atoms with Crippen molar-refractivity contribution in [2.45, 2.75) is 26.9 Å². The minimum Gasteiger partial charge on any atom is -0.466 e. The Morgan fingerprint density at radius 2 is 2.05 bits per heavy atom. The highest BCUT2D eigenvalue weighted by Crippen LogP contribution is 2.25. The van der Waals surface area contributed by atoms with Gasteiger partial charge in [0.2, 0.25) is 5.89 Å². The van der Waals surface area contributed by atoms with Crippen LogP contribution in [0.15, 0.2) is 21.1 Å². The lowest BCUT2D eigenvalue weighted by Crippen LogP contribution is -2.00. The largest absolute Gasteiger partial charge is 0.466 e. The van der Waals surface area contributed by atoms with Crippen molar-refractivity contribution in [3.8, 4) is 11.5 Å². The predicted molar refractivity (Wildman–Crippen MR) is 68.5 cm³/mol. The van der Waals surface area contributed by atoms with Crippen molar-refractivity contribution < 1.29 is 8.83 Å². The summed E-state index contributed by atoms with van der Waals surface area (Å²) in [7, 11) is 0. The van der Waals surface area contributed by atoms with Gasteiger partial charge >= 0.3 is 0 Å². The fourth-order valence-electron chi connectivity index (χ4n) is 1.92. The van der Waals surface area contributed by atoms with Gasteiger partial charge in [-0.1, -0.05) is 5.21 Å². The summed E-state index contributed by atoms with van der Waals surface area (Å²) in [5.74, 6) is 2.45. The van der Waals surface area contributed by atoms with Crippen LogP contribution < -0.4 is 5.73 Å². The van der Waals surface area contributed by atoms with E-state index in [1.54, 1.807) is 10.9 Å². The maximum absolute atomic E-state index is 5.61. The molecular weight excluding hydrogens is 260 g/mol. The van der Waals surface area contributed by atoms with Gasteiger partial charge in [-0.15, -0.1) is 15.3 Å². The zero-order valence-corrected chi connectivity index (χ0v) is 11.2. The van der Waals surface area contributed by atoms with Gasteiger partial charge in [-0.2, -0.15) is 0 Å². The first-order valence-electron chi connectivity index (χ1n) is 6.14. The Labute approximate surface area is 114 Å². The first-order valence-corrected chi connectivity index (χ1v) is 6.14. The molecule has 0 fully saturated rings. The van der Waals surface area contributed by atoms with Crippen LogP contribution >= 0.6 is 0 Å². The van der Waals surface area contributed by atoms with Crippen LogP contribution in [0, 0.1) is 13.8 Å². The summed E-state index contributed by atoms with van der Waals surface area (Å²) in [4.78, 5) is 0. The molecule has 0 aliphatic carbocycles. The number of hydrogen-bond donors (Lipinski definition) is 1. The van der Waals surface area contributed by atoms with Crippen LogP contribution in [0.1, 0.15) is 23.1 Å². The van der Waals surface area contributed by atoms with Crippen LogP contribution in [-0.4, -0.2) is 25.2 Å². The van der Waals surface area contributed by atoms with Crippen molar-refractivity contribution >= 4 is 0 Å². The predicted octanol–water partition coefficient (Wildman–Crippen LogP) is 1.04. The molecule has 3 aromatic rings. The Morgan fingerprint density at radius 3 is 2.70 bits per heavy atom. The number of furan rings is 1. The van der Waals surface area contributed by atoms with Gasteiger partial charge in [0.1, 0.15) is 18.1 Å². The van der Waals surface area contributed by atoms with E-state index in [0.29, 0.717) is 30.6 Å². The summed E-state index contributed by atoms with van der Waals surface area (Å²) < 4.78 is 12.7. The molecule has 3 aromatic heterocycles. The van der Waals surface area contributed by atoms with E-state index in [9.17, 15) is 0 Å². The number of aryl methyl sites for hydroxylation is 2. The van der Waals surface area contributed by atoms with Gasteiger partial charge in [0.15, 0.2) is 0 Å². The molecule has 104 valence electrons. The van der Waals surface area contributed by atoms with Gasteiger partial charge in [0.25, 0.3) is 5.89 Å². The van der Waals surface area contributed by atoms with E-state index in [1.165, 1.54) is 0 Å². The molecule has 0 unspecified atom stereocenters. The molecule has 8 nitrogen and oxygen atoms in total. The third kappa shape index (κ3) is 2.32. The van der Waals surface area contributed by atoms with Crippen LogP contribution in [0.5, 0.6) is 0 Å². The molecule has 0 aromatic carbocycles. The molecule has 0 aliphatic rings. The quantitative estimate of drug-likeness (QED) is 0.757. The molecule has 3 rings (SSSR count). The van der Waals surface area contributed by atoms with Crippen molar-refractivity contribution in [1.82, 2.24) is 25.2 Å². The number of rotatable bonds is 4. The second-order valence-electron chi connectivity index (χ2n) is 4.44. The van der Waals surface area contributed by atoms with Crippen LogP contribution in [0.4, 0.5) is 0 Å². The smallest absolute Gasteiger partial charge is 0.251 e. The molecule has 0 spiro atoms. The normalized spacial score (nSPS) is 11.2. The zero-order chi connectivity index (χ0) is 14.1. The van der Waals surface area contributed by atoms with Crippen molar-refractivity contribution in [1.29, 1.82) is 0 Å². The second kappa shape index (κ2) is 4.89. The van der Waals surface area contributed by atoms with Gasteiger partial charge in [-0.25, -0.2) is 4.68 Å². The molecule has 20 heavy (non-hydrogen) atoms. The summed E-state index contributed by atoms with van der Waals surface area (Å²) in [5.41, 5.74) is 7.00. The highest BCUT2D eigenvalue weighted by Gasteiger charge is 2.15. The Bertz CT molecular complexity index is 726. The summed E-state index contributed by atoms with van der Waals surface area (Å²) in [5, 5.41) is 15.8. The third-order valence-corrected chi connectivity index (χ3v) is 2.83. The maximum Gasteiger partial charge on any atom is 0.251 e. The van der Waals surface area contributed by atoms with E-state index in [2.05, 4.69) is 20.5 Å². The highest BCUT2D eigenvalue weighted by atomic mass is 16.4. The van der Waals surface area contributed by atoms with Crippen molar-refractivity contribution in [2.75, 3.05) is 0 Å². The average Bonchev–Trinajstić information content (AvgIpc) is 3.11. The molecule has 0 saturated heterocycles. The molecule has 0 saturated carbocycles. The summed E-state index contributed by atoms with van der Waals surface area (Å²) in [6.45, 7) is 4.44. The second-order valence-corrected chi connectivity index (χ2v) is 4.44. The molecule has 0 radical (unpaired) electrons. The van der Waals surface area contributed by atoms with E-state index in [-0.39, 0.29) is 0 Å². The highest BCUT2D eigenvalue weighted by molar-refractivity contribution is 5.55. The van der Waals surface area contributed by atoms with Gasteiger partial charge < -0.3 is 14.6 Å². The lowest BCUT2D eigenvalue weighted by atomic mass is 10.2. The molecule has 0 bridgehead atoms. The lowest BCUT2D eigenvalue weighted by Gasteiger charge is -1.93. The summed E-state index contributed by atoms with van der Waals surface area (Å²) in [6, 6.07) is 1.87. The van der Waals surface area contributed by atoms with E-state index >= 15 is 0 Å². The Kier molecular flexibility index (Phi) is 3.07. The average molecular weight is 274 g/mol. The molecule has 2 N–H and O–H groups in total. The molecular formula is C12H14N6O2. The number of nitrogens with two attached hydrogens (primary N) is 1. The topological polar surface area (TPSA) is 109 Å². The van der Waals surface area contributed by atoms with Gasteiger partial charge in [0, 0.05) is 6.54 Å². The Hall–Kier alpha value is -2.48. The zero-order valence-electron chi connectivity index (χ0n) is 11.2. The third-order valence-electron chi connectivity index (χ3n) is 2.83. The van der Waals surface area contributed by atoms with Crippen molar-refractivity contribution in [3.63, 3.8) is 0 Å². The van der Waals surface area contributed by atoms with Crippen LogP contribution in [-0.2, 0) is 13.1 Å². The van der Waals surface area contributed by atoms with Gasteiger partial charge in [-0.05, 0) is 19.9 Å². The molecule has 0 atom stereocenters. The Morgan fingerprint density at radius 1 is 1.20 bits per heavy atom. The van der Waals surface area contributed by atoms with E-state index in [0.717, 1.165) is 17.1 Å². The molecule has 3 heterocycles. The SMILES string of the molecule is Cc1cc(-c2nnc(Cn3cc(CN)nn3)o2)c(C)o1. The Balaban J connectivity index is 1.81. The van der Waals surface area contributed by atoms with E-state index in [4.69, 9.17) is 14.6 Å². The number of hydrogen-bond acceptors (Lipinski definition) is 7. The van der Waals surface area contributed by atoms with Crippen molar-refractivity contribution in [2.24, 2.45) is 5.73 Å². The maximum atomic E-state index is 5.61. The number of nitrogens with zero attached hydrogens (tertiary/aromatic N) is 5. The van der Waals surface area contributed by atoms with E-state index < -0.39 is 0 Å². The van der Waals surface area contributed by atoms with Gasteiger partial charge in [-0.3, -0.25) is 0 Å². The standard InChI is InChI=1S/C12H14N6O2/c1-7-3-10(8(2)19-7)12-16-15-11(20-12)6-18-5-9(4-13)14-17-18/h3,5H,4,6,13H2,1-2H3. The monoisotopic (exact) mass is 274 g/mol. The minimum atomic E-state index is 0.350. The van der Waals surface area contributed by atoms with Gasteiger partial charge in [0.05, 0.1) is 17.5 Å². The van der Waals surface area contributed by atoms with Crippen LogP contribution in [0.3, 0.4) is 0 Å². The first kappa shape index (κ1) is 12.5. The molecule has 0 amide bonds. The van der Waals surface area contributed by atoms with Crippen molar-refractivity contribution in [3.05, 3.63) is 35.4 Å². The number of aromatic nitrogens is 5. The summed E-state index contributed by atoms with van der Waals surface area (Å²) in [6.07, 6.45) is 1.75. The molecule has 8 heteroatoms. The first-order chi connectivity index (χ1) is 9.65. The lowest BCUT2D eigenvalue weighted by molar-refractivity contribution is 0.466. The fraction of sp³-hybridized carbons (Fsp3) is 0.333. The van der Waals surface area contributed by atoms with Crippen LogP contribution in [0.2, 0.25) is 0 Å². The fourth-order valence-corrected chi connectivity index (χ4v) is 1.92. The van der Waals surface area contributed by atoms with E-state index in [1.807, 2.05) is 19.9 Å². The molecule has 0 aliphatic heterocycles. The minimum absolute atomic E-state index is 0.350.